The first-order chi connectivity index (χ1) is 11.3. The SMILES string of the molecule is CCCCCCCCCc1nc2c(=O)[nH]c3ccccc3c2o1. The molecule has 0 aliphatic rings. The van der Waals surface area contributed by atoms with Gasteiger partial charge in [0.1, 0.15) is 0 Å². The van der Waals surface area contributed by atoms with Gasteiger partial charge in [0.15, 0.2) is 17.0 Å². The van der Waals surface area contributed by atoms with Gasteiger partial charge in [-0.05, 0) is 18.6 Å². The summed E-state index contributed by atoms with van der Waals surface area (Å²) in [5.74, 6) is 0.676. The summed E-state index contributed by atoms with van der Waals surface area (Å²) >= 11 is 0. The van der Waals surface area contributed by atoms with Crippen molar-refractivity contribution in [1.82, 2.24) is 9.97 Å². The molecule has 0 aliphatic carbocycles. The molecular formula is C19H24N2O2. The maximum atomic E-state index is 12.1. The first-order valence-electron chi connectivity index (χ1n) is 8.70. The lowest BCUT2D eigenvalue weighted by Gasteiger charge is -1.99. The number of nitrogens with zero attached hydrogens (tertiary/aromatic N) is 1. The average molecular weight is 312 g/mol. The standard InChI is InChI=1S/C19H24N2O2/c1-2-3-4-5-6-7-8-13-16-21-17-18(23-16)14-11-9-10-12-15(14)20-19(17)22/h9-12H,2-8,13H2,1H3,(H,20,22). The van der Waals surface area contributed by atoms with Crippen LogP contribution in [0.3, 0.4) is 0 Å². The molecule has 2 heterocycles. The fourth-order valence-corrected chi connectivity index (χ4v) is 3.01. The van der Waals surface area contributed by atoms with Crippen molar-refractivity contribution in [2.45, 2.75) is 58.3 Å². The molecule has 4 nitrogen and oxygen atoms in total. The Labute approximate surface area is 135 Å². The third-order valence-electron chi connectivity index (χ3n) is 4.30. The maximum absolute atomic E-state index is 12.1. The number of fused-ring (bicyclic) bond motifs is 3. The third kappa shape index (κ3) is 3.63. The number of pyridine rings is 1. The Morgan fingerprint density at radius 3 is 2.61 bits per heavy atom. The lowest BCUT2D eigenvalue weighted by molar-refractivity contribution is 0.505. The molecule has 0 atom stereocenters. The highest BCUT2D eigenvalue weighted by atomic mass is 16.3. The van der Waals surface area contributed by atoms with Gasteiger partial charge in [-0.1, -0.05) is 57.6 Å². The maximum Gasteiger partial charge on any atom is 0.278 e. The predicted octanol–water partition coefficient (Wildman–Crippen LogP) is 4.96. The van der Waals surface area contributed by atoms with Crippen molar-refractivity contribution < 1.29 is 4.42 Å². The van der Waals surface area contributed by atoms with Crippen molar-refractivity contribution in [1.29, 1.82) is 0 Å². The van der Waals surface area contributed by atoms with Gasteiger partial charge in [0, 0.05) is 11.8 Å². The Hall–Kier alpha value is -2.10. The Kier molecular flexibility index (Phi) is 5.11. The highest BCUT2D eigenvalue weighted by Crippen LogP contribution is 2.22. The van der Waals surface area contributed by atoms with Gasteiger partial charge in [-0.25, -0.2) is 4.98 Å². The minimum absolute atomic E-state index is 0.173. The van der Waals surface area contributed by atoms with E-state index in [0.29, 0.717) is 17.0 Å². The van der Waals surface area contributed by atoms with E-state index in [0.717, 1.165) is 23.7 Å². The third-order valence-corrected chi connectivity index (χ3v) is 4.30. The van der Waals surface area contributed by atoms with Crippen LogP contribution in [0, 0.1) is 0 Å². The smallest absolute Gasteiger partial charge is 0.278 e. The molecule has 4 heteroatoms. The fourth-order valence-electron chi connectivity index (χ4n) is 3.01. The van der Waals surface area contributed by atoms with Crippen molar-refractivity contribution in [3.05, 3.63) is 40.5 Å². The number of aromatic amines is 1. The van der Waals surface area contributed by atoms with E-state index in [-0.39, 0.29) is 5.56 Å². The van der Waals surface area contributed by atoms with E-state index < -0.39 is 0 Å². The minimum Gasteiger partial charge on any atom is -0.440 e. The Morgan fingerprint density at radius 2 is 1.78 bits per heavy atom. The molecule has 0 spiro atoms. The molecule has 122 valence electrons. The van der Waals surface area contributed by atoms with Gasteiger partial charge < -0.3 is 9.40 Å². The number of rotatable bonds is 8. The van der Waals surface area contributed by atoms with Crippen molar-refractivity contribution >= 4 is 22.0 Å². The van der Waals surface area contributed by atoms with Gasteiger partial charge in [0.25, 0.3) is 5.56 Å². The topological polar surface area (TPSA) is 58.9 Å². The fraction of sp³-hybridized carbons (Fsp3) is 0.474. The molecule has 1 N–H and O–H groups in total. The average Bonchev–Trinajstić information content (AvgIpc) is 2.99. The zero-order valence-electron chi connectivity index (χ0n) is 13.7. The molecule has 0 fully saturated rings. The van der Waals surface area contributed by atoms with Crippen LogP contribution >= 0.6 is 0 Å². The summed E-state index contributed by atoms with van der Waals surface area (Å²) < 4.78 is 5.88. The van der Waals surface area contributed by atoms with Crippen LogP contribution in [0.4, 0.5) is 0 Å². The molecule has 0 radical (unpaired) electrons. The van der Waals surface area contributed by atoms with Crippen molar-refractivity contribution in [3.63, 3.8) is 0 Å². The van der Waals surface area contributed by atoms with Crippen molar-refractivity contribution in [2.24, 2.45) is 0 Å². The summed E-state index contributed by atoms with van der Waals surface area (Å²) in [4.78, 5) is 19.4. The van der Waals surface area contributed by atoms with Crippen LogP contribution in [0.25, 0.3) is 22.0 Å². The lowest BCUT2D eigenvalue weighted by atomic mass is 10.1. The van der Waals surface area contributed by atoms with E-state index >= 15 is 0 Å². The van der Waals surface area contributed by atoms with E-state index in [9.17, 15) is 4.79 Å². The van der Waals surface area contributed by atoms with E-state index in [2.05, 4.69) is 16.9 Å². The molecular weight excluding hydrogens is 288 g/mol. The van der Waals surface area contributed by atoms with Crippen molar-refractivity contribution in [2.75, 3.05) is 0 Å². The molecule has 2 aromatic heterocycles. The number of nitrogens with one attached hydrogen (secondary N) is 1. The van der Waals surface area contributed by atoms with Crippen LogP contribution in [0.5, 0.6) is 0 Å². The van der Waals surface area contributed by atoms with E-state index in [4.69, 9.17) is 4.42 Å². The van der Waals surface area contributed by atoms with Crippen molar-refractivity contribution in [3.8, 4) is 0 Å². The monoisotopic (exact) mass is 312 g/mol. The van der Waals surface area contributed by atoms with Gasteiger partial charge in [-0.15, -0.1) is 0 Å². The van der Waals surface area contributed by atoms with E-state index in [1.807, 2.05) is 24.3 Å². The van der Waals surface area contributed by atoms with Crippen LogP contribution < -0.4 is 5.56 Å². The van der Waals surface area contributed by atoms with Crippen LogP contribution in [-0.4, -0.2) is 9.97 Å². The molecule has 0 saturated heterocycles. The number of aromatic nitrogens is 2. The zero-order valence-corrected chi connectivity index (χ0v) is 13.7. The molecule has 23 heavy (non-hydrogen) atoms. The highest BCUT2D eigenvalue weighted by Gasteiger charge is 2.12. The summed E-state index contributed by atoms with van der Waals surface area (Å²) in [7, 11) is 0. The normalized spacial score (nSPS) is 11.5. The number of para-hydroxylation sites is 1. The first kappa shape index (κ1) is 15.8. The number of unbranched alkanes of at least 4 members (excludes halogenated alkanes) is 6. The first-order valence-corrected chi connectivity index (χ1v) is 8.70. The Bertz CT molecular complexity index is 832. The zero-order chi connectivity index (χ0) is 16.1. The number of benzene rings is 1. The summed E-state index contributed by atoms with van der Waals surface area (Å²) in [5, 5.41) is 0.917. The number of oxazole rings is 1. The quantitative estimate of drug-likeness (QED) is 0.598. The van der Waals surface area contributed by atoms with E-state index in [1.54, 1.807) is 0 Å². The molecule has 0 aliphatic heterocycles. The molecule has 1 aromatic carbocycles. The second-order valence-electron chi connectivity index (χ2n) is 6.16. The van der Waals surface area contributed by atoms with Crippen LogP contribution in [0.2, 0.25) is 0 Å². The van der Waals surface area contributed by atoms with Gasteiger partial charge >= 0.3 is 0 Å². The minimum atomic E-state index is -0.173. The summed E-state index contributed by atoms with van der Waals surface area (Å²) in [6.07, 6.45) is 9.59. The van der Waals surface area contributed by atoms with Crippen LogP contribution in [0.15, 0.2) is 33.5 Å². The number of hydrogen-bond donors (Lipinski definition) is 1. The molecule has 3 rings (SSSR count). The Morgan fingerprint density at radius 1 is 1.04 bits per heavy atom. The summed E-state index contributed by atoms with van der Waals surface area (Å²) in [5.41, 5.74) is 1.65. The van der Waals surface area contributed by atoms with Crippen LogP contribution in [-0.2, 0) is 6.42 Å². The van der Waals surface area contributed by atoms with E-state index in [1.165, 1.54) is 38.5 Å². The molecule has 0 saturated carbocycles. The summed E-state index contributed by atoms with van der Waals surface area (Å²) in [6, 6.07) is 7.68. The van der Waals surface area contributed by atoms with Gasteiger partial charge in [0.05, 0.1) is 5.52 Å². The van der Waals surface area contributed by atoms with Gasteiger partial charge in [0.2, 0.25) is 0 Å². The highest BCUT2D eigenvalue weighted by molar-refractivity contribution is 6.00. The molecule has 0 unspecified atom stereocenters. The summed E-state index contributed by atoms with van der Waals surface area (Å²) in [6.45, 7) is 2.23. The number of H-pyrrole nitrogens is 1. The van der Waals surface area contributed by atoms with Crippen LogP contribution in [0.1, 0.15) is 57.8 Å². The molecule has 0 bridgehead atoms. The number of aryl methyl sites for hydroxylation is 1. The Balaban J connectivity index is 1.67. The predicted molar refractivity (Wildman–Crippen MR) is 93.8 cm³/mol. The molecule has 0 amide bonds. The second kappa shape index (κ2) is 7.44. The van der Waals surface area contributed by atoms with Gasteiger partial charge in [-0.3, -0.25) is 4.79 Å². The largest absolute Gasteiger partial charge is 0.440 e. The second-order valence-corrected chi connectivity index (χ2v) is 6.16. The lowest BCUT2D eigenvalue weighted by Crippen LogP contribution is -2.06. The number of hydrogen-bond acceptors (Lipinski definition) is 3. The molecule has 3 aromatic rings. The van der Waals surface area contributed by atoms with Gasteiger partial charge in [-0.2, -0.15) is 0 Å².